The molecule has 0 saturated heterocycles. The summed E-state index contributed by atoms with van der Waals surface area (Å²) in [6.45, 7) is 0.757. The third kappa shape index (κ3) is 3.22. The molecule has 1 amide bonds. The molecular weight excluding hydrogens is 394 g/mol. The maximum atomic E-state index is 12.1. The highest BCUT2D eigenvalue weighted by Crippen LogP contribution is 2.33. The molecule has 0 radical (unpaired) electrons. The molecule has 108 valence electrons. The minimum Gasteiger partial charge on any atom is -0.352 e. The number of hydrogen-bond donors (Lipinski definition) is 1. The van der Waals surface area contributed by atoms with E-state index < -0.39 is 0 Å². The number of halogens is 2. The van der Waals surface area contributed by atoms with Crippen molar-refractivity contribution in [3.05, 3.63) is 69.2 Å². The summed E-state index contributed by atoms with van der Waals surface area (Å²) >= 11 is 7.19. The normalized spacial score (nSPS) is 15.8. The molecule has 1 heterocycles. The Labute approximate surface area is 141 Å². The van der Waals surface area contributed by atoms with Crippen LogP contribution in [0.25, 0.3) is 0 Å². The second-order valence-electron chi connectivity index (χ2n) is 5.19. The first-order valence-electron chi connectivity index (χ1n) is 6.96. The van der Waals surface area contributed by atoms with Crippen LogP contribution in [0.2, 0.25) is 0 Å². The molecule has 4 heteroatoms. The molecule has 3 rings (SSSR count). The average molecular weight is 409 g/mol. The summed E-state index contributed by atoms with van der Waals surface area (Å²) in [5.74, 6) is 0.0415. The molecule has 1 aliphatic rings. The van der Waals surface area contributed by atoms with Gasteiger partial charge in [0.15, 0.2) is 0 Å². The van der Waals surface area contributed by atoms with E-state index in [0.717, 1.165) is 40.5 Å². The lowest BCUT2D eigenvalue weighted by Crippen LogP contribution is -2.22. The van der Waals surface area contributed by atoms with Crippen molar-refractivity contribution in [2.75, 3.05) is 6.54 Å². The molecule has 0 bridgehead atoms. The van der Waals surface area contributed by atoms with E-state index in [1.165, 1.54) is 5.56 Å². The predicted molar refractivity (Wildman–Crippen MR) is 92.0 cm³/mol. The maximum Gasteiger partial charge on any atom is 0.251 e. The number of hydrogen-bond acceptors (Lipinski definition) is 1. The van der Waals surface area contributed by atoms with Gasteiger partial charge in [-0.3, -0.25) is 4.79 Å². The molecule has 1 unspecified atom stereocenters. The standard InChI is InChI=1S/C17H15Br2NO/c18-14-7-5-12(6-8-14)16(19)13-4-3-11-2-1-9-20-17(21)15(11)10-13/h3-8,10,16H,1-2,9H2,(H,20,21). The summed E-state index contributed by atoms with van der Waals surface area (Å²) in [7, 11) is 0. The van der Waals surface area contributed by atoms with Crippen LogP contribution in [-0.2, 0) is 6.42 Å². The molecule has 0 spiro atoms. The van der Waals surface area contributed by atoms with Gasteiger partial charge in [0.1, 0.15) is 0 Å². The first-order chi connectivity index (χ1) is 10.1. The lowest BCUT2D eigenvalue weighted by molar-refractivity contribution is 0.0956. The highest BCUT2D eigenvalue weighted by atomic mass is 79.9. The van der Waals surface area contributed by atoms with Gasteiger partial charge in [-0.15, -0.1) is 0 Å². The van der Waals surface area contributed by atoms with Gasteiger partial charge in [-0.2, -0.15) is 0 Å². The Morgan fingerprint density at radius 1 is 1.05 bits per heavy atom. The maximum absolute atomic E-state index is 12.1. The van der Waals surface area contributed by atoms with Crippen LogP contribution in [0, 0.1) is 0 Å². The number of fused-ring (bicyclic) bond motifs is 1. The third-order valence-corrected chi connectivity index (χ3v) is 5.33. The molecular formula is C17H15Br2NO. The predicted octanol–water partition coefficient (Wildman–Crippen LogP) is 4.61. The minimum absolute atomic E-state index is 0.0415. The highest BCUT2D eigenvalue weighted by Gasteiger charge is 2.18. The molecule has 2 nitrogen and oxygen atoms in total. The van der Waals surface area contributed by atoms with Gasteiger partial charge in [0.2, 0.25) is 0 Å². The Balaban J connectivity index is 1.96. The topological polar surface area (TPSA) is 29.1 Å². The molecule has 0 saturated carbocycles. The van der Waals surface area contributed by atoms with Gasteiger partial charge >= 0.3 is 0 Å². The zero-order chi connectivity index (χ0) is 14.8. The Morgan fingerprint density at radius 3 is 2.52 bits per heavy atom. The zero-order valence-corrected chi connectivity index (χ0v) is 14.6. The van der Waals surface area contributed by atoms with Gasteiger partial charge in [-0.25, -0.2) is 0 Å². The highest BCUT2D eigenvalue weighted by molar-refractivity contribution is 9.10. The van der Waals surface area contributed by atoms with Gasteiger partial charge in [0.25, 0.3) is 5.91 Å². The number of nitrogens with one attached hydrogen (secondary N) is 1. The Hall–Kier alpha value is -1.13. The van der Waals surface area contributed by atoms with Crippen LogP contribution >= 0.6 is 31.9 Å². The van der Waals surface area contributed by atoms with E-state index in [1.54, 1.807) is 0 Å². The van der Waals surface area contributed by atoms with E-state index >= 15 is 0 Å². The summed E-state index contributed by atoms with van der Waals surface area (Å²) in [5, 5.41) is 2.95. The number of carbonyl (C=O) groups excluding carboxylic acids is 1. The first kappa shape index (κ1) is 14.8. The molecule has 2 aromatic carbocycles. The molecule has 21 heavy (non-hydrogen) atoms. The summed E-state index contributed by atoms with van der Waals surface area (Å²) in [6, 6.07) is 14.4. The van der Waals surface area contributed by atoms with Gasteiger partial charge in [0, 0.05) is 16.6 Å². The van der Waals surface area contributed by atoms with Crippen LogP contribution in [-0.4, -0.2) is 12.5 Å². The fourth-order valence-corrected chi connectivity index (χ4v) is 3.44. The van der Waals surface area contributed by atoms with Crippen LogP contribution in [0.4, 0.5) is 0 Å². The summed E-state index contributed by atoms with van der Waals surface area (Å²) in [4.78, 5) is 12.2. The lowest BCUT2D eigenvalue weighted by atomic mass is 9.97. The first-order valence-corrected chi connectivity index (χ1v) is 8.66. The summed E-state index contributed by atoms with van der Waals surface area (Å²) in [6.07, 6.45) is 1.96. The average Bonchev–Trinajstić information content (AvgIpc) is 2.69. The van der Waals surface area contributed by atoms with E-state index in [0.29, 0.717) is 0 Å². The Bertz CT molecular complexity index is 667. The number of carbonyl (C=O) groups is 1. The van der Waals surface area contributed by atoms with Crippen molar-refractivity contribution >= 4 is 37.8 Å². The van der Waals surface area contributed by atoms with Gasteiger partial charge in [-0.05, 0) is 47.7 Å². The smallest absolute Gasteiger partial charge is 0.251 e. The number of amides is 1. The fourth-order valence-electron chi connectivity index (χ4n) is 2.58. The molecule has 0 aromatic heterocycles. The second-order valence-corrected chi connectivity index (χ2v) is 7.02. The van der Waals surface area contributed by atoms with Gasteiger partial charge in [-0.1, -0.05) is 56.1 Å². The minimum atomic E-state index is 0.0415. The van der Waals surface area contributed by atoms with Crippen molar-refractivity contribution in [1.29, 1.82) is 0 Å². The van der Waals surface area contributed by atoms with Crippen LogP contribution in [0.15, 0.2) is 46.9 Å². The van der Waals surface area contributed by atoms with E-state index in [-0.39, 0.29) is 10.7 Å². The SMILES string of the molecule is O=C1NCCCc2ccc(C(Br)c3ccc(Br)cc3)cc21. The van der Waals surface area contributed by atoms with Crippen molar-refractivity contribution in [1.82, 2.24) is 5.32 Å². The largest absolute Gasteiger partial charge is 0.352 e. The van der Waals surface area contributed by atoms with E-state index in [4.69, 9.17) is 0 Å². The van der Waals surface area contributed by atoms with Crippen molar-refractivity contribution < 1.29 is 4.79 Å². The third-order valence-electron chi connectivity index (χ3n) is 3.74. The van der Waals surface area contributed by atoms with Crippen molar-refractivity contribution in [2.45, 2.75) is 17.7 Å². The molecule has 0 fully saturated rings. The van der Waals surface area contributed by atoms with E-state index in [9.17, 15) is 4.79 Å². The molecule has 2 aromatic rings. The van der Waals surface area contributed by atoms with E-state index in [1.807, 2.05) is 18.2 Å². The number of aryl methyl sites for hydroxylation is 1. The molecule has 0 aliphatic carbocycles. The van der Waals surface area contributed by atoms with Crippen molar-refractivity contribution in [3.8, 4) is 0 Å². The van der Waals surface area contributed by atoms with Crippen LogP contribution in [0.3, 0.4) is 0 Å². The van der Waals surface area contributed by atoms with E-state index in [2.05, 4.69) is 61.4 Å². The fraction of sp³-hybridized carbons (Fsp3) is 0.235. The van der Waals surface area contributed by atoms with Crippen molar-refractivity contribution in [2.24, 2.45) is 0 Å². The number of benzene rings is 2. The monoisotopic (exact) mass is 407 g/mol. The Morgan fingerprint density at radius 2 is 1.76 bits per heavy atom. The zero-order valence-electron chi connectivity index (χ0n) is 11.4. The Kier molecular flexibility index (Phi) is 4.45. The van der Waals surface area contributed by atoms with Crippen LogP contribution < -0.4 is 5.32 Å². The molecule has 1 aliphatic heterocycles. The number of rotatable bonds is 2. The lowest BCUT2D eigenvalue weighted by Gasteiger charge is -2.14. The molecule has 1 atom stereocenters. The summed E-state index contributed by atoms with van der Waals surface area (Å²) in [5.41, 5.74) is 4.23. The summed E-state index contributed by atoms with van der Waals surface area (Å²) < 4.78 is 1.06. The number of alkyl halides is 1. The quantitative estimate of drug-likeness (QED) is 0.722. The van der Waals surface area contributed by atoms with Crippen molar-refractivity contribution in [3.63, 3.8) is 0 Å². The second kappa shape index (κ2) is 6.32. The van der Waals surface area contributed by atoms with Gasteiger partial charge in [0.05, 0.1) is 4.83 Å². The van der Waals surface area contributed by atoms with Gasteiger partial charge < -0.3 is 5.32 Å². The van der Waals surface area contributed by atoms with Crippen LogP contribution in [0.5, 0.6) is 0 Å². The molecule has 1 N–H and O–H groups in total. The van der Waals surface area contributed by atoms with Crippen LogP contribution in [0.1, 0.15) is 38.3 Å².